The van der Waals surface area contributed by atoms with Gasteiger partial charge in [0.25, 0.3) is 0 Å². The summed E-state index contributed by atoms with van der Waals surface area (Å²) in [5.41, 5.74) is 3.23. The van der Waals surface area contributed by atoms with Crippen molar-refractivity contribution < 1.29 is 14.3 Å². The molecule has 0 bridgehead atoms. The third-order valence-electron chi connectivity index (χ3n) is 6.72. The maximum Gasteiger partial charge on any atom is 0.242 e. The van der Waals surface area contributed by atoms with Crippen molar-refractivity contribution >= 4 is 23.2 Å². The molecule has 1 aliphatic carbocycles. The lowest BCUT2D eigenvalue weighted by Crippen LogP contribution is -2.48. The van der Waals surface area contributed by atoms with Crippen molar-refractivity contribution in [2.45, 2.75) is 44.7 Å². The summed E-state index contributed by atoms with van der Waals surface area (Å²) in [7, 11) is 0. The smallest absolute Gasteiger partial charge is 0.242 e. The van der Waals surface area contributed by atoms with Crippen molar-refractivity contribution in [1.82, 2.24) is 9.80 Å². The van der Waals surface area contributed by atoms with Crippen molar-refractivity contribution in [3.8, 4) is 5.75 Å². The number of ether oxygens (including phenoxy) is 1. The van der Waals surface area contributed by atoms with Gasteiger partial charge in [-0.3, -0.25) is 9.59 Å². The van der Waals surface area contributed by atoms with Gasteiger partial charge in [0, 0.05) is 17.5 Å². The number of nitrogens with zero attached hydrogens (tertiary/aromatic N) is 2. The third kappa shape index (κ3) is 5.02. The normalized spacial score (nSPS) is 17.2. The molecule has 2 amide bonds. The van der Waals surface area contributed by atoms with Crippen LogP contribution in [0.5, 0.6) is 5.75 Å². The molecule has 5 rings (SSSR count). The molecule has 1 aliphatic heterocycles. The van der Waals surface area contributed by atoms with Gasteiger partial charge in [0.15, 0.2) is 0 Å². The molecular weight excluding hydrogens is 444 g/mol. The van der Waals surface area contributed by atoms with Crippen LogP contribution in [0, 0.1) is 6.92 Å². The molecule has 34 heavy (non-hydrogen) atoms. The minimum Gasteiger partial charge on any atom is -0.491 e. The lowest BCUT2D eigenvalue weighted by atomic mass is 10.00. The molecule has 2 heterocycles. The van der Waals surface area contributed by atoms with Crippen LogP contribution < -0.4 is 4.74 Å². The molecule has 1 aromatic heterocycles. The summed E-state index contributed by atoms with van der Waals surface area (Å²) in [5, 5.41) is 2.10. The van der Waals surface area contributed by atoms with Crippen molar-refractivity contribution in [2.75, 3.05) is 19.7 Å². The van der Waals surface area contributed by atoms with Gasteiger partial charge < -0.3 is 14.5 Å². The number of hydrogen-bond donors (Lipinski definition) is 0. The standard InChI is InChI=1S/C28H30N2O3S/c1-20-7-5-6-10-25(20)33-19-24-23-14-16-34-26(23)13-15-29(24)28(32)18-30(22-11-12-22)27(31)17-21-8-3-2-4-9-21/h2-10,14,16,22,24H,11-13,15,17-19H2,1H3. The summed E-state index contributed by atoms with van der Waals surface area (Å²) in [6, 6.07) is 19.9. The van der Waals surface area contributed by atoms with E-state index < -0.39 is 0 Å². The Kier molecular flexibility index (Phi) is 6.68. The van der Waals surface area contributed by atoms with Crippen molar-refractivity contribution in [3.05, 3.63) is 87.6 Å². The third-order valence-corrected chi connectivity index (χ3v) is 7.71. The summed E-state index contributed by atoms with van der Waals surface area (Å²) >= 11 is 1.74. The Morgan fingerprint density at radius 3 is 2.59 bits per heavy atom. The van der Waals surface area contributed by atoms with Crippen LogP contribution in [0.2, 0.25) is 0 Å². The molecule has 176 valence electrons. The summed E-state index contributed by atoms with van der Waals surface area (Å²) in [6.45, 7) is 3.22. The second kappa shape index (κ2) is 10.0. The van der Waals surface area contributed by atoms with E-state index in [9.17, 15) is 9.59 Å². The van der Waals surface area contributed by atoms with Crippen molar-refractivity contribution in [2.24, 2.45) is 0 Å². The van der Waals surface area contributed by atoms with Gasteiger partial charge in [0.2, 0.25) is 11.8 Å². The van der Waals surface area contributed by atoms with Crippen LogP contribution in [0.3, 0.4) is 0 Å². The Morgan fingerprint density at radius 2 is 1.82 bits per heavy atom. The van der Waals surface area contributed by atoms with Gasteiger partial charge in [-0.1, -0.05) is 48.5 Å². The fraction of sp³-hybridized carbons (Fsp3) is 0.357. The molecule has 2 aliphatic rings. The number of rotatable bonds is 8. The molecular formula is C28H30N2O3S. The van der Waals surface area contributed by atoms with E-state index in [-0.39, 0.29) is 30.4 Å². The first kappa shape index (κ1) is 22.7. The largest absolute Gasteiger partial charge is 0.491 e. The van der Waals surface area contributed by atoms with Crippen molar-refractivity contribution in [1.29, 1.82) is 0 Å². The highest BCUT2D eigenvalue weighted by atomic mass is 32.1. The number of carbonyl (C=O) groups excluding carboxylic acids is 2. The fourth-order valence-corrected chi connectivity index (χ4v) is 5.61. The molecule has 2 aromatic carbocycles. The average Bonchev–Trinajstić information content (AvgIpc) is 3.57. The molecule has 0 spiro atoms. The molecule has 0 saturated heterocycles. The van der Waals surface area contributed by atoms with Crippen LogP contribution in [0.1, 0.15) is 40.5 Å². The first-order chi connectivity index (χ1) is 16.6. The quantitative estimate of drug-likeness (QED) is 0.471. The molecule has 1 atom stereocenters. The van der Waals surface area contributed by atoms with Crippen LogP contribution in [0.4, 0.5) is 0 Å². The predicted molar refractivity (Wildman–Crippen MR) is 134 cm³/mol. The van der Waals surface area contributed by atoms with E-state index >= 15 is 0 Å². The lowest BCUT2D eigenvalue weighted by molar-refractivity contribution is -0.143. The monoisotopic (exact) mass is 474 g/mol. The highest BCUT2D eigenvalue weighted by Gasteiger charge is 2.37. The first-order valence-electron chi connectivity index (χ1n) is 12.0. The summed E-state index contributed by atoms with van der Waals surface area (Å²) in [4.78, 5) is 31.8. The van der Waals surface area contributed by atoms with Crippen LogP contribution in [0.15, 0.2) is 66.0 Å². The van der Waals surface area contributed by atoms with E-state index in [2.05, 4.69) is 11.4 Å². The lowest BCUT2D eigenvalue weighted by Gasteiger charge is -2.37. The zero-order valence-electron chi connectivity index (χ0n) is 19.5. The Hall–Kier alpha value is -3.12. The molecule has 6 heteroatoms. The zero-order valence-corrected chi connectivity index (χ0v) is 20.3. The minimum atomic E-state index is -0.146. The van der Waals surface area contributed by atoms with E-state index in [1.807, 2.05) is 66.4 Å². The SMILES string of the molecule is Cc1ccccc1OCC1c2ccsc2CCN1C(=O)CN(C(=O)Cc1ccccc1)C1CC1. The number of carbonyl (C=O) groups is 2. The number of amides is 2. The van der Waals surface area contributed by atoms with Crippen LogP contribution in [-0.4, -0.2) is 47.4 Å². The number of para-hydroxylation sites is 1. The maximum atomic E-state index is 13.6. The minimum absolute atomic E-state index is 0.00328. The Morgan fingerprint density at radius 1 is 1.06 bits per heavy atom. The fourth-order valence-electron chi connectivity index (χ4n) is 4.68. The molecule has 1 fully saturated rings. The van der Waals surface area contributed by atoms with Gasteiger partial charge >= 0.3 is 0 Å². The molecule has 0 radical (unpaired) electrons. The number of thiophene rings is 1. The zero-order chi connectivity index (χ0) is 23.5. The molecule has 0 N–H and O–H groups in total. The van der Waals surface area contributed by atoms with Gasteiger partial charge in [-0.05, 0) is 60.4 Å². The van der Waals surface area contributed by atoms with E-state index in [0.29, 0.717) is 19.6 Å². The molecule has 3 aromatic rings. The van der Waals surface area contributed by atoms with Crippen LogP contribution in [0.25, 0.3) is 0 Å². The van der Waals surface area contributed by atoms with Gasteiger partial charge in [-0.25, -0.2) is 0 Å². The highest BCUT2D eigenvalue weighted by Crippen LogP contribution is 2.35. The number of fused-ring (bicyclic) bond motifs is 1. The Labute approximate surface area is 205 Å². The summed E-state index contributed by atoms with van der Waals surface area (Å²) in [5.74, 6) is 0.876. The van der Waals surface area contributed by atoms with Gasteiger partial charge in [-0.2, -0.15) is 0 Å². The van der Waals surface area contributed by atoms with E-state index in [1.165, 1.54) is 10.4 Å². The highest BCUT2D eigenvalue weighted by molar-refractivity contribution is 7.10. The van der Waals surface area contributed by atoms with Crippen LogP contribution >= 0.6 is 11.3 Å². The summed E-state index contributed by atoms with van der Waals surface area (Å²) in [6.07, 6.45) is 3.13. The first-order valence-corrected chi connectivity index (χ1v) is 12.9. The predicted octanol–water partition coefficient (Wildman–Crippen LogP) is 4.80. The molecule has 5 nitrogen and oxygen atoms in total. The van der Waals surface area contributed by atoms with E-state index in [4.69, 9.17) is 4.74 Å². The van der Waals surface area contributed by atoms with E-state index in [1.54, 1.807) is 16.2 Å². The summed E-state index contributed by atoms with van der Waals surface area (Å²) < 4.78 is 6.20. The molecule has 1 saturated carbocycles. The Balaban J connectivity index is 1.31. The Bertz CT molecular complexity index is 1160. The topological polar surface area (TPSA) is 49.9 Å². The number of aryl methyl sites for hydroxylation is 1. The van der Waals surface area contributed by atoms with Crippen LogP contribution in [-0.2, 0) is 22.4 Å². The molecule has 1 unspecified atom stereocenters. The van der Waals surface area contributed by atoms with Gasteiger partial charge in [-0.15, -0.1) is 11.3 Å². The number of benzene rings is 2. The van der Waals surface area contributed by atoms with E-state index in [0.717, 1.165) is 36.1 Å². The van der Waals surface area contributed by atoms with Gasteiger partial charge in [0.05, 0.1) is 12.5 Å². The average molecular weight is 475 g/mol. The second-order valence-corrected chi connectivity index (χ2v) is 10.1. The van der Waals surface area contributed by atoms with Gasteiger partial charge in [0.1, 0.15) is 18.9 Å². The van der Waals surface area contributed by atoms with Crippen molar-refractivity contribution in [3.63, 3.8) is 0 Å². The maximum absolute atomic E-state index is 13.6. The second-order valence-electron chi connectivity index (χ2n) is 9.14. The number of hydrogen-bond acceptors (Lipinski definition) is 4.